The lowest BCUT2D eigenvalue weighted by atomic mass is 9.86. The lowest BCUT2D eigenvalue weighted by molar-refractivity contribution is -0.132. The molecule has 3 aromatic carbocycles. The molecule has 0 saturated carbocycles. The van der Waals surface area contributed by atoms with Gasteiger partial charge in [-0.25, -0.2) is 4.79 Å². The lowest BCUT2D eigenvalue weighted by Gasteiger charge is -2.19. The van der Waals surface area contributed by atoms with Gasteiger partial charge in [0.05, 0.1) is 20.8 Å². The number of aryl methyl sites for hydroxylation is 3. The highest BCUT2D eigenvalue weighted by Crippen LogP contribution is 2.51. The Kier molecular flexibility index (Phi) is 13.6. The quantitative estimate of drug-likeness (QED) is 0.0562. The van der Waals surface area contributed by atoms with E-state index in [1.165, 1.54) is 129 Å². The topological polar surface area (TPSA) is 73.5 Å². The van der Waals surface area contributed by atoms with Gasteiger partial charge >= 0.3 is 5.97 Å². The maximum Gasteiger partial charge on any atom is 0.346 e. The van der Waals surface area contributed by atoms with E-state index in [4.69, 9.17) is 4.99 Å². The first-order valence-corrected chi connectivity index (χ1v) is 26.4. The van der Waals surface area contributed by atoms with Crippen LogP contribution in [0.25, 0.3) is 54.8 Å². The van der Waals surface area contributed by atoms with Gasteiger partial charge in [-0.2, -0.15) is 5.26 Å². The molecular weight excluding hydrogens is 869 g/mol. The maximum atomic E-state index is 11.5. The van der Waals surface area contributed by atoms with Gasteiger partial charge in [0.25, 0.3) is 0 Å². The maximum absolute atomic E-state index is 11.5. The summed E-state index contributed by atoms with van der Waals surface area (Å²) in [7, 11) is 0. The number of para-hydroxylation sites is 1. The highest BCUT2D eigenvalue weighted by Gasteiger charge is 2.25. The van der Waals surface area contributed by atoms with Crippen molar-refractivity contribution in [3.63, 3.8) is 0 Å². The second-order valence-electron chi connectivity index (χ2n) is 16.5. The van der Waals surface area contributed by atoms with Gasteiger partial charge in [-0.05, 0) is 108 Å². The zero-order valence-corrected chi connectivity index (χ0v) is 39.8. The Hall–Kier alpha value is -4.95. The Morgan fingerprint density at radius 1 is 0.698 bits per heavy atom. The van der Waals surface area contributed by atoms with Crippen molar-refractivity contribution in [1.82, 2.24) is 0 Å². The second kappa shape index (κ2) is 19.8. The summed E-state index contributed by atoms with van der Waals surface area (Å²) in [6.07, 6.45) is 15.5. The molecule has 0 spiro atoms. The van der Waals surface area contributed by atoms with Gasteiger partial charge in [-0.1, -0.05) is 125 Å². The molecule has 6 heterocycles. The number of carboxylic acids is 1. The van der Waals surface area contributed by atoms with Crippen LogP contribution in [0.2, 0.25) is 0 Å². The minimum Gasteiger partial charge on any atom is -0.477 e. The molecule has 0 bridgehead atoms. The van der Waals surface area contributed by atoms with Crippen molar-refractivity contribution in [2.24, 2.45) is 4.99 Å². The molecular formula is C54H50N2O2S5. The van der Waals surface area contributed by atoms with Crippen molar-refractivity contribution in [2.45, 2.75) is 96.8 Å². The first-order valence-electron chi connectivity index (χ1n) is 22.3. The smallest absolute Gasteiger partial charge is 0.346 e. The van der Waals surface area contributed by atoms with Crippen molar-refractivity contribution in [2.75, 3.05) is 0 Å². The van der Waals surface area contributed by atoms with E-state index in [-0.39, 0.29) is 11.5 Å². The van der Waals surface area contributed by atoms with Gasteiger partial charge in [0.15, 0.2) is 0 Å². The number of rotatable bonds is 17. The van der Waals surface area contributed by atoms with Crippen molar-refractivity contribution in [3.05, 3.63) is 141 Å². The van der Waals surface area contributed by atoms with E-state index in [9.17, 15) is 15.2 Å². The summed E-state index contributed by atoms with van der Waals surface area (Å²) in [6.45, 7) is 4.57. The number of benzene rings is 3. The fraction of sp³-hybridized carbons (Fsp3) is 0.278. The SMILES string of the molecule is CCCCCCc1cc(-c2sc(-c3cc4sc5cc(/C=C(/C#N)C(=O)O)sc5c4s3)cc2CCCCCC)sc1-c1ccc(C2=Nc3ccccc3CCC2c2ccccc2)cc1. The number of fused-ring (bicyclic) bond motifs is 4. The molecule has 8 aromatic rings. The van der Waals surface area contributed by atoms with Crippen molar-refractivity contribution in [3.8, 4) is 36.0 Å². The highest BCUT2D eigenvalue weighted by atomic mass is 32.1. The molecule has 0 aliphatic carbocycles. The largest absolute Gasteiger partial charge is 0.477 e. The number of aliphatic carboxylic acids is 1. The van der Waals surface area contributed by atoms with Crippen LogP contribution in [-0.4, -0.2) is 16.8 Å². The van der Waals surface area contributed by atoms with Crippen molar-refractivity contribution >= 4 is 98.9 Å². The summed E-state index contributed by atoms with van der Waals surface area (Å²) in [5.41, 5.74) is 10.0. The van der Waals surface area contributed by atoms with E-state index in [0.717, 1.165) is 46.7 Å². The van der Waals surface area contributed by atoms with Crippen LogP contribution < -0.4 is 0 Å². The number of aliphatic imine (C=N–C) groups is 1. The van der Waals surface area contributed by atoms with E-state index in [1.54, 1.807) is 22.7 Å². The predicted octanol–water partition coefficient (Wildman–Crippen LogP) is 17.4. The molecule has 0 amide bonds. The Labute approximate surface area is 390 Å². The summed E-state index contributed by atoms with van der Waals surface area (Å²) < 4.78 is 4.81. The minimum atomic E-state index is -1.19. The molecule has 0 radical (unpaired) electrons. The fourth-order valence-electron chi connectivity index (χ4n) is 8.77. The van der Waals surface area contributed by atoms with Crippen LogP contribution in [0.1, 0.15) is 110 Å². The van der Waals surface area contributed by atoms with Crippen molar-refractivity contribution in [1.29, 1.82) is 5.26 Å². The van der Waals surface area contributed by atoms with E-state index >= 15 is 0 Å². The van der Waals surface area contributed by atoms with Crippen LogP contribution >= 0.6 is 56.7 Å². The van der Waals surface area contributed by atoms with Gasteiger partial charge in [-0.15, -0.1) is 56.7 Å². The first-order chi connectivity index (χ1) is 30.9. The Balaban J connectivity index is 1.08. The summed E-state index contributed by atoms with van der Waals surface area (Å²) in [5, 5.41) is 18.8. The molecule has 318 valence electrons. The normalized spacial score (nSPS) is 14.2. The molecule has 1 N–H and O–H groups in total. The Morgan fingerprint density at radius 3 is 2.06 bits per heavy atom. The molecule has 1 atom stereocenters. The standard InChI is InChI=1S/C54H50N2O2S5/c1-3-5-7-10-19-38-30-46(63-50(38)37-24-22-36(23-25-37)49-42(34-16-12-9-13-17-34)27-26-35-18-14-15-21-43(35)56-49)51-39(20-11-8-6-4-2)29-44(61-51)45-32-48-53(62-45)52-47(60-48)31-41(59-52)28-40(33-55)54(57)58/h9,12-18,21-25,28-32,42H,3-8,10-11,19-20,26-27H2,1-2H3,(H,57,58)/b40-28-. The van der Waals surface area contributed by atoms with Crippen molar-refractivity contribution < 1.29 is 9.90 Å². The van der Waals surface area contributed by atoms with Crippen LogP contribution in [0.3, 0.4) is 0 Å². The van der Waals surface area contributed by atoms with Crippen LogP contribution in [0.15, 0.2) is 114 Å². The third-order valence-electron chi connectivity index (χ3n) is 12.1. The van der Waals surface area contributed by atoms with Gasteiger partial charge in [-0.3, -0.25) is 4.99 Å². The molecule has 9 rings (SSSR count). The van der Waals surface area contributed by atoms with Crippen LogP contribution in [-0.2, 0) is 24.1 Å². The van der Waals surface area contributed by atoms with Crippen LogP contribution in [0, 0.1) is 11.3 Å². The average Bonchev–Trinajstić information content (AvgIpc) is 4.13. The zero-order valence-electron chi connectivity index (χ0n) is 35.7. The van der Waals surface area contributed by atoms with Crippen LogP contribution in [0.5, 0.6) is 0 Å². The zero-order chi connectivity index (χ0) is 43.3. The van der Waals surface area contributed by atoms with Gasteiger partial charge in [0, 0.05) is 44.6 Å². The molecule has 9 heteroatoms. The predicted molar refractivity (Wildman–Crippen MR) is 274 cm³/mol. The number of carbonyl (C=O) groups is 1. The molecule has 4 nitrogen and oxygen atoms in total. The average molecular weight is 919 g/mol. The third-order valence-corrected chi connectivity index (χ3v) is 18.6. The van der Waals surface area contributed by atoms with Gasteiger partial charge in [0.1, 0.15) is 11.6 Å². The monoisotopic (exact) mass is 918 g/mol. The van der Waals surface area contributed by atoms with E-state index in [2.05, 4.69) is 111 Å². The number of unbranched alkanes of at least 4 members (excludes halogenated alkanes) is 6. The first kappa shape index (κ1) is 43.3. The molecule has 0 fully saturated rings. The number of nitriles is 1. The second-order valence-corrected chi connectivity index (χ2v) is 21.8. The number of hydrogen-bond donors (Lipinski definition) is 1. The summed E-state index contributed by atoms with van der Waals surface area (Å²) in [6, 6.07) is 40.1. The number of carboxylic acid groups (broad SMARTS) is 1. The van der Waals surface area contributed by atoms with Crippen LogP contribution in [0.4, 0.5) is 5.69 Å². The fourth-order valence-corrected chi connectivity index (χ4v) is 15.4. The highest BCUT2D eigenvalue weighted by molar-refractivity contribution is 7.40. The summed E-state index contributed by atoms with van der Waals surface area (Å²) >= 11 is 9.06. The lowest BCUT2D eigenvalue weighted by Crippen LogP contribution is -2.14. The number of thiophene rings is 5. The van der Waals surface area contributed by atoms with E-state index < -0.39 is 5.97 Å². The molecule has 63 heavy (non-hydrogen) atoms. The summed E-state index contributed by atoms with van der Waals surface area (Å²) in [5.74, 6) is -0.970. The number of nitrogens with zero attached hydrogens (tertiary/aromatic N) is 2. The molecule has 0 saturated heterocycles. The van der Waals surface area contributed by atoms with E-state index in [1.807, 2.05) is 46.1 Å². The molecule has 1 aliphatic rings. The summed E-state index contributed by atoms with van der Waals surface area (Å²) in [4.78, 5) is 24.5. The minimum absolute atomic E-state index is 0.224. The molecule has 1 aliphatic heterocycles. The molecule has 1 unspecified atom stereocenters. The Morgan fingerprint density at radius 2 is 1.33 bits per heavy atom. The molecule has 5 aromatic heterocycles. The Bertz CT molecular complexity index is 2980. The van der Waals surface area contributed by atoms with Gasteiger partial charge in [0.2, 0.25) is 0 Å². The van der Waals surface area contributed by atoms with Gasteiger partial charge < -0.3 is 5.11 Å². The number of hydrogen-bond acceptors (Lipinski definition) is 8. The third kappa shape index (κ3) is 9.48. The van der Waals surface area contributed by atoms with E-state index in [0.29, 0.717) is 0 Å².